The molecule has 0 aromatic carbocycles. The number of aromatic hydroxyl groups is 1. The predicted molar refractivity (Wildman–Crippen MR) is 70.0 cm³/mol. The number of hydrogen-bond donors (Lipinski definition) is 2. The second-order valence-electron chi connectivity index (χ2n) is 4.06. The highest BCUT2D eigenvalue weighted by Gasteiger charge is 1.98. The summed E-state index contributed by atoms with van der Waals surface area (Å²) < 4.78 is 0. The van der Waals surface area contributed by atoms with Crippen molar-refractivity contribution in [1.82, 2.24) is 15.2 Å². The lowest BCUT2D eigenvalue weighted by molar-refractivity contribution is 0.298. The molecule has 0 fully saturated rings. The van der Waals surface area contributed by atoms with Crippen LogP contribution in [-0.2, 0) is 6.54 Å². The Morgan fingerprint density at radius 2 is 2.06 bits per heavy atom. The number of aromatic nitrogens is 1. The normalized spacial score (nSPS) is 11.0. The van der Waals surface area contributed by atoms with Gasteiger partial charge in [-0.2, -0.15) is 0 Å². The lowest BCUT2D eigenvalue weighted by atomic mass is 10.3. The van der Waals surface area contributed by atoms with Crippen molar-refractivity contribution in [2.45, 2.75) is 26.8 Å². The Morgan fingerprint density at radius 3 is 2.65 bits per heavy atom. The van der Waals surface area contributed by atoms with Crippen LogP contribution in [0.4, 0.5) is 0 Å². The van der Waals surface area contributed by atoms with E-state index in [0.717, 1.165) is 44.8 Å². The molecule has 0 radical (unpaired) electrons. The average molecular weight is 237 g/mol. The summed E-state index contributed by atoms with van der Waals surface area (Å²) in [4.78, 5) is 6.54. The van der Waals surface area contributed by atoms with E-state index in [2.05, 4.69) is 29.0 Å². The average Bonchev–Trinajstić information content (AvgIpc) is 2.36. The van der Waals surface area contributed by atoms with Crippen LogP contribution in [0, 0.1) is 0 Å². The van der Waals surface area contributed by atoms with E-state index < -0.39 is 0 Å². The summed E-state index contributed by atoms with van der Waals surface area (Å²) in [6.45, 7) is 9.53. The van der Waals surface area contributed by atoms with E-state index in [1.54, 1.807) is 6.07 Å². The fraction of sp³-hybridized carbons (Fsp3) is 0.615. The first kappa shape index (κ1) is 13.9. The molecule has 0 amide bonds. The Morgan fingerprint density at radius 1 is 1.29 bits per heavy atom. The van der Waals surface area contributed by atoms with Crippen LogP contribution in [0.25, 0.3) is 0 Å². The van der Waals surface area contributed by atoms with Gasteiger partial charge in [-0.05, 0) is 44.7 Å². The van der Waals surface area contributed by atoms with Crippen LogP contribution < -0.4 is 5.32 Å². The molecule has 0 atom stereocenters. The third-order valence-corrected chi connectivity index (χ3v) is 2.84. The Hall–Kier alpha value is -1.13. The fourth-order valence-electron chi connectivity index (χ4n) is 1.71. The number of pyridine rings is 1. The third kappa shape index (κ3) is 5.65. The first-order valence-electron chi connectivity index (χ1n) is 6.33. The summed E-state index contributed by atoms with van der Waals surface area (Å²) in [6.07, 6.45) is 2.63. The van der Waals surface area contributed by atoms with Crippen molar-refractivity contribution < 1.29 is 5.11 Å². The van der Waals surface area contributed by atoms with Crippen molar-refractivity contribution >= 4 is 0 Å². The van der Waals surface area contributed by atoms with Crippen LogP contribution in [0.1, 0.15) is 26.0 Å². The Kier molecular flexibility index (Phi) is 6.58. The number of rotatable bonds is 8. The minimum Gasteiger partial charge on any atom is -0.506 e. The topological polar surface area (TPSA) is 48.4 Å². The Labute approximate surface area is 104 Å². The first-order valence-corrected chi connectivity index (χ1v) is 6.33. The summed E-state index contributed by atoms with van der Waals surface area (Å²) in [7, 11) is 0. The van der Waals surface area contributed by atoms with Crippen molar-refractivity contribution in [3.05, 3.63) is 24.0 Å². The quantitative estimate of drug-likeness (QED) is 0.674. The maximum Gasteiger partial charge on any atom is 0.133 e. The smallest absolute Gasteiger partial charge is 0.133 e. The van der Waals surface area contributed by atoms with E-state index in [1.165, 1.54) is 6.20 Å². The summed E-state index contributed by atoms with van der Waals surface area (Å²) in [5.41, 5.74) is 0.964. The van der Waals surface area contributed by atoms with Crippen LogP contribution in [0.15, 0.2) is 18.3 Å². The molecule has 96 valence electrons. The third-order valence-electron chi connectivity index (χ3n) is 2.84. The summed E-state index contributed by atoms with van der Waals surface area (Å²) >= 11 is 0. The number of nitrogens with one attached hydrogen (secondary N) is 1. The minimum atomic E-state index is 0.218. The van der Waals surface area contributed by atoms with Crippen molar-refractivity contribution in [2.75, 3.05) is 26.2 Å². The molecule has 1 heterocycles. The molecule has 0 unspecified atom stereocenters. The van der Waals surface area contributed by atoms with Gasteiger partial charge in [0.25, 0.3) is 0 Å². The zero-order valence-corrected chi connectivity index (χ0v) is 10.8. The highest BCUT2D eigenvalue weighted by molar-refractivity contribution is 5.17. The molecule has 4 heteroatoms. The van der Waals surface area contributed by atoms with Gasteiger partial charge in [-0.1, -0.05) is 13.8 Å². The number of nitrogens with zero attached hydrogens (tertiary/aromatic N) is 2. The minimum absolute atomic E-state index is 0.218. The lowest BCUT2D eigenvalue weighted by Crippen LogP contribution is -2.27. The monoisotopic (exact) mass is 237 g/mol. The van der Waals surface area contributed by atoms with Crippen LogP contribution in [0.2, 0.25) is 0 Å². The molecule has 2 N–H and O–H groups in total. The van der Waals surface area contributed by atoms with Gasteiger partial charge in [-0.3, -0.25) is 4.98 Å². The molecule has 0 aliphatic heterocycles. The highest BCUT2D eigenvalue weighted by Crippen LogP contribution is 2.05. The van der Waals surface area contributed by atoms with Gasteiger partial charge in [-0.25, -0.2) is 0 Å². The zero-order chi connectivity index (χ0) is 12.5. The molecule has 1 rings (SSSR count). The largest absolute Gasteiger partial charge is 0.506 e. The summed E-state index contributed by atoms with van der Waals surface area (Å²) in [5, 5.41) is 12.4. The van der Waals surface area contributed by atoms with Crippen LogP contribution in [0.5, 0.6) is 5.75 Å². The van der Waals surface area contributed by atoms with E-state index >= 15 is 0 Å². The molecule has 17 heavy (non-hydrogen) atoms. The van der Waals surface area contributed by atoms with Gasteiger partial charge in [-0.15, -0.1) is 0 Å². The van der Waals surface area contributed by atoms with E-state index in [-0.39, 0.29) is 5.75 Å². The molecule has 1 aromatic heterocycles. The van der Waals surface area contributed by atoms with Crippen LogP contribution in [-0.4, -0.2) is 41.2 Å². The maximum absolute atomic E-state index is 9.09. The van der Waals surface area contributed by atoms with E-state index in [1.807, 2.05) is 6.07 Å². The van der Waals surface area contributed by atoms with Crippen molar-refractivity contribution in [1.29, 1.82) is 0 Å². The molecule has 0 aliphatic rings. The van der Waals surface area contributed by atoms with Crippen LogP contribution >= 0.6 is 0 Å². The van der Waals surface area contributed by atoms with E-state index in [9.17, 15) is 0 Å². The van der Waals surface area contributed by atoms with Crippen LogP contribution in [0.3, 0.4) is 0 Å². The second-order valence-corrected chi connectivity index (χ2v) is 4.06. The lowest BCUT2D eigenvalue weighted by Gasteiger charge is -2.17. The second kappa shape index (κ2) is 8.03. The van der Waals surface area contributed by atoms with Crippen molar-refractivity contribution in [3.8, 4) is 5.75 Å². The molecular formula is C13H23N3O. The molecular weight excluding hydrogens is 214 g/mol. The molecule has 0 saturated carbocycles. The zero-order valence-electron chi connectivity index (χ0n) is 10.8. The Bertz CT molecular complexity index is 296. The predicted octanol–water partition coefficient (Wildman–Crippen LogP) is 1.61. The van der Waals surface area contributed by atoms with Gasteiger partial charge < -0.3 is 15.3 Å². The van der Waals surface area contributed by atoms with E-state index in [0.29, 0.717) is 0 Å². The standard InChI is InChI=1S/C13H23N3O/c1-3-16(4-2)9-5-8-14-10-12-6-7-13(17)11-15-12/h6-7,11,14,17H,3-5,8-10H2,1-2H3. The molecule has 1 aromatic rings. The number of hydrogen-bond acceptors (Lipinski definition) is 4. The summed E-state index contributed by atoms with van der Waals surface area (Å²) in [5.74, 6) is 0.218. The summed E-state index contributed by atoms with van der Waals surface area (Å²) in [6, 6.07) is 3.51. The molecule has 0 aliphatic carbocycles. The molecule has 0 spiro atoms. The fourth-order valence-corrected chi connectivity index (χ4v) is 1.71. The van der Waals surface area contributed by atoms with Gasteiger partial charge in [0.05, 0.1) is 11.9 Å². The molecule has 0 bridgehead atoms. The van der Waals surface area contributed by atoms with Gasteiger partial charge >= 0.3 is 0 Å². The molecule has 0 saturated heterocycles. The van der Waals surface area contributed by atoms with E-state index in [4.69, 9.17) is 5.11 Å². The molecule has 4 nitrogen and oxygen atoms in total. The van der Waals surface area contributed by atoms with Gasteiger partial charge in [0, 0.05) is 6.54 Å². The first-order chi connectivity index (χ1) is 8.26. The van der Waals surface area contributed by atoms with Crippen molar-refractivity contribution in [2.24, 2.45) is 0 Å². The maximum atomic E-state index is 9.09. The SMILES string of the molecule is CCN(CC)CCCNCc1ccc(O)cn1. The highest BCUT2D eigenvalue weighted by atomic mass is 16.3. The Balaban J connectivity index is 2.10. The van der Waals surface area contributed by atoms with Gasteiger partial charge in [0.1, 0.15) is 5.75 Å². The van der Waals surface area contributed by atoms with Gasteiger partial charge in [0.2, 0.25) is 0 Å². The van der Waals surface area contributed by atoms with Crippen molar-refractivity contribution in [3.63, 3.8) is 0 Å². The van der Waals surface area contributed by atoms with Gasteiger partial charge in [0.15, 0.2) is 0 Å².